The molecule has 0 saturated carbocycles. The van der Waals surface area contributed by atoms with Crippen molar-refractivity contribution in [2.75, 3.05) is 0 Å². The van der Waals surface area contributed by atoms with Crippen molar-refractivity contribution in [2.24, 2.45) is 0 Å². The summed E-state index contributed by atoms with van der Waals surface area (Å²) in [5, 5.41) is 9.84. The molecule has 0 fully saturated rings. The first-order valence-corrected chi connectivity index (χ1v) is 18.5. The minimum Gasteiger partial charge on any atom is -0.454 e. The van der Waals surface area contributed by atoms with Crippen molar-refractivity contribution in [1.82, 2.24) is 9.13 Å². The second kappa shape index (κ2) is 10.5. The summed E-state index contributed by atoms with van der Waals surface area (Å²) in [7, 11) is 0. The third-order valence-corrected chi connectivity index (χ3v) is 12.1. The maximum atomic E-state index is 6.80. The number of hydrogen-bond acceptors (Lipinski definition) is 2. The van der Waals surface area contributed by atoms with E-state index in [0.717, 1.165) is 33.3 Å². The number of furan rings is 1. The number of fused-ring (bicyclic) bond motifs is 13. The fourth-order valence-corrected chi connectivity index (χ4v) is 9.87. The lowest BCUT2D eigenvalue weighted by atomic mass is 10.0. The van der Waals surface area contributed by atoms with E-state index in [4.69, 9.17) is 4.42 Å². The molecule has 12 aromatic rings. The van der Waals surface area contributed by atoms with Crippen LogP contribution in [0.4, 0.5) is 0 Å². The minimum absolute atomic E-state index is 0.913. The predicted octanol–water partition coefficient (Wildman–Crippen LogP) is 13.8. The molecule has 0 aliphatic heterocycles. The van der Waals surface area contributed by atoms with Gasteiger partial charge < -0.3 is 13.6 Å². The van der Waals surface area contributed by atoms with Crippen molar-refractivity contribution >= 4 is 97.1 Å². The Bertz CT molecular complexity index is 3410. The Kier molecular flexibility index (Phi) is 5.65. The van der Waals surface area contributed by atoms with Crippen LogP contribution < -0.4 is 0 Å². The van der Waals surface area contributed by atoms with Gasteiger partial charge in [0.2, 0.25) is 0 Å². The molecule has 4 aromatic heterocycles. The van der Waals surface area contributed by atoms with Crippen molar-refractivity contribution in [3.63, 3.8) is 0 Å². The molecule has 0 N–H and O–H groups in total. The highest BCUT2D eigenvalue weighted by atomic mass is 32.1. The maximum absolute atomic E-state index is 6.80. The molecule has 0 radical (unpaired) electrons. The summed E-state index contributed by atoms with van der Waals surface area (Å²) in [6.45, 7) is 0. The lowest BCUT2D eigenvalue weighted by Crippen LogP contribution is -1.95. The summed E-state index contributed by atoms with van der Waals surface area (Å²) in [4.78, 5) is 0. The third-order valence-electron chi connectivity index (χ3n) is 10.9. The topological polar surface area (TPSA) is 23.0 Å². The van der Waals surface area contributed by atoms with Gasteiger partial charge in [0, 0.05) is 58.2 Å². The van der Waals surface area contributed by atoms with Crippen molar-refractivity contribution in [3.05, 3.63) is 170 Å². The summed E-state index contributed by atoms with van der Waals surface area (Å²) < 4.78 is 14.2. The lowest BCUT2D eigenvalue weighted by Gasteiger charge is -2.11. The van der Waals surface area contributed by atoms with Crippen molar-refractivity contribution < 1.29 is 4.42 Å². The van der Waals surface area contributed by atoms with Crippen LogP contribution in [0.15, 0.2) is 174 Å². The standard InChI is InChI=1S/C48H28N2OS/c1-2-12-31(13-3-1)49-39-18-8-4-14-32(39)36-26-29(22-24-41(36)49)30-23-25-42-37(27-30)33-15-5-9-19-40(33)50(42)43-28-38-34-16-7-11-21-45(34)52-48(38)46-35-17-6-10-20-44(35)51-47(43)46/h1-28H. The molecule has 0 unspecified atom stereocenters. The number of thiophene rings is 1. The number of nitrogens with zero attached hydrogens (tertiary/aromatic N) is 2. The Morgan fingerprint density at radius 2 is 0.962 bits per heavy atom. The summed E-state index contributed by atoms with van der Waals surface area (Å²) >= 11 is 1.85. The van der Waals surface area contributed by atoms with Crippen LogP contribution in [0.5, 0.6) is 0 Å². The predicted molar refractivity (Wildman–Crippen MR) is 221 cm³/mol. The molecule has 0 spiro atoms. The van der Waals surface area contributed by atoms with Crippen LogP contribution in [0.1, 0.15) is 0 Å². The quantitative estimate of drug-likeness (QED) is 0.182. The molecular formula is C48H28N2OS. The van der Waals surface area contributed by atoms with E-state index in [1.54, 1.807) is 0 Å². The largest absolute Gasteiger partial charge is 0.454 e. The van der Waals surface area contributed by atoms with E-state index in [0.29, 0.717) is 0 Å². The molecule has 0 atom stereocenters. The van der Waals surface area contributed by atoms with Gasteiger partial charge in [-0.15, -0.1) is 11.3 Å². The Hall–Kier alpha value is -6.62. The summed E-state index contributed by atoms with van der Waals surface area (Å²) in [6, 6.07) is 61.6. The van der Waals surface area contributed by atoms with Gasteiger partial charge in [0.1, 0.15) is 5.58 Å². The van der Waals surface area contributed by atoms with Crippen LogP contribution >= 0.6 is 11.3 Å². The Balaban J connectivity index is 1.12. The Morgan fingerprint density at radius 1 is 0.404 bits per heavy atom. The van der Waals surface area contributed by atoms with E-state index in [9.17, 15) is 0 Å². The van der Waals surface area contributed by atoms with Crippen LogP contribution in [0.25, 0.3) is 108 Å². The normalized spacial score (nSPS) is 12.2. The molecule has 0 bridgehead atoms. The molecule has 0 saturated heterocycles. The molecule has 52 heavy (non-hydrogen) atoms. The second-order valence-electron chi connectivity index (χ2n) is 13.7. The first-order valence-electron chi connectivity index (χ1n) is 17.7. The molecule has 0 amide bonds. The van der Waals surface area contributed by atoms with Gasteiger partial charge in [-0.1, -0.05) is 103 Å². The number of aromatic nitrogens is 2. The highest BCUT2D eigenvalue weighted by Gasteiger charge is 2.22. The van der Waals surface area contributed by atoms with Gasteiger partial charge >= 0.3 is 0 Å². The van der Waals surface area contributed by atoms with Gasteiger partial charge in [-0.25, -0.2) is 0 Å². The third kappa shape index (κ3) is 3.79. The Labute approximate surface area is 301 Å². The first-order chi connectivity index (χ1) is 25.8. The van der Waals surface area contributed by atoms with Crippen LogP contribution in [0.3, 0.4) is 0 Å². The van der Waals surface area contributed by atoms with Crippen LogP contribution in [0, 0.1) is 0 Å². The molecule has 242 valence electrons. The van der Waals surface area contributed by atoms with E-state index in [-0.39, 0.29) is 0 Å². The zero-order chi connectivity index (χ0) is 33.9. The molecule has 3 nitrogen and oxygen atoms in total. The van der Waals surface area contributed by atoms with Crippen molar-refractivity contribution in [3.8, 4) is 22.5 Å². The van der Waals surface area contributed by atoms with Gasteiger partial charge in [0.05, 0.1) is 27.8 Å². The van der Waals surface area contributed by atoms with E-state index in [2.05, 4.69) is 179 Å². The lowest BCUT2D eigenvalue weighted by molar-refractivity contribution is 0.666. The fraction of sp³-hybridized carbons (Fsp3) is 0. The zero-order valence-corrected chi connectivity index (χ0v) is 28.7. The van der Waals surface area contributed by atoms with E-state index in [1.165, 1.54) is 75.0 Å². The zero-order valence-electron chi connectivity index (χ0n) is 27.9. The number of hydrogen-bond donors (Lipinski definition) is 0. The maximum Gasteiger partial charge on any atom is 0.160 e. The van der Waals surface area contributed by atoms with Crippen molar-refractivity contribution in [2.45, 2.75) is 0 Å². The highest BCUT2D eigenvalue weighted by Crippen LogP contribution is 2.47. The van der Waals surface area contributed by atoms with E-state index < -0.39 is 0 Å². The fourth-order valence-electron chi connectivity index (χ4n) is 8.63. The molecular weight excluding hydrogens is 653 g/mol. The van der Waals surface area contributed by atoms with Crippen LogP contribution in [0.2, 0.25) is 0 Å². The first kappa shape index (κ1) is 28.1. The SMILES string of the molecule is c1ccc(-n2c3ccccc3c3cc(-c4ccc5c(c4)c4ccccc4n5-c4cc5c6ccccc6sc5c5c4oc4ccccc45)ccc32)cc1. The van der Waals surface area contributed by atoms with E-state index in [1.807, 2.05) is 11.3 Å². The Morgan fingerprint density at radius 3 is 1.69 bits per heavy atom. The molecule has 4 heterocycles. The number of benzene rings is 8. The van der Waals surface area contributed by atoms with Gasteiger partial charge in [-0.3, -0.25) is 0 Å². The van der Waals surface area contributed by atoms with Crippen LogP contribution in [-0.2, 0) is 0 Å². The monoisotopic (exact) mass is 680 g/mol. The second-order valence-corrected chi connectivity index (χ2v) is 14.7. The summed E-state index contributed by atoms with van der Waals surface area (Å²) in [5.41, 5.74) is 11.2. The van der Waals surface area contributed by atoms with E-state index >= 15 is 0 Å². The summed E-state index contributed by atoms with van der Waals surface area (Å²) in [5.74, 6) is 0. The van der Waals surface area contributed by atoms with Gasteiger partial charge in [0.15, 0.2) is 5.58 Å². The minimum atomic E-state index is 0.913. The van der Waals surface area contributed by atoms with Gasteiger partial charge in [-0.2, -0.15) is 0 Å². The highest BCUT2D eigenvalue weighted by molar-refractivity contribution is 7.26. The molecule has 12 rings (SSSR count). The van der Waals surface area contributed by atoms with Gasteiger partial charge in [0.25, 0.3) is 0 Å². The smallest absolute Gasteiger partial charge is 0.160 e. The average molecular weight is 681 g/mol. The average Bonchev–Trinajstić information content (AvgIpc) is 3.95. The van der Waals surface area contributed by atoms with Crippen molar-refractivity contribution in [1.29, 1.82) is 0 Å². The molecule has 8 aromatic carbocycles. The van der Waals surface area contributed by atoms with Crippen LogP contribution in [-0.4, -0.2) is 9.13 Å². The van der Waals surface area contributed by atoms with Gasteiger partial charge in [-0.05, 0) is 77.9 Å². The molecule has 4 heteroatoms. The number of rotatable bonds is 3. The molecule has 0 aliphatic rings. The number of para-hydroxylation sites is 4. The molecule has 0 aliphatic carbocycles. The summed E-state index contributed by atoms with van der Waals surface area (Å²) in [6.07, 6.45) is 0.